The summed E-state index contributed by atoms with van der Waals surface area (Å²) >= 11 is 3.43. The molecule has 0 radical (unpaired) electrons. The summed E-state index contributed by atoms with van der Waals surface area (Å²) in [5.41, 5.74) is 6.01. The van der Waals surface area contributed by atoms with Crippen molar-refractivity contribution in [1.29, 1.82) is 0 Å². The zero-order valence-electron chi connectivity index (χ0n) is 10.7. The third-order valence-electron chi connectivity index (χ3n) is 3.90. The molecule has 2 N–H and O–H groups in total. The molecule has 0 spiro atoms. The summed E-state index contributed by atoms with van der Waals surface area (Å²) in [6.45, 7) is 4.27. The Balaban J connectivity index is 1.88. The van der Waals surface area contributed by atoms with Crippen molar-refractivity contribution in [3.05, 3.63) is 28.7 Å². The number of nitrogens with two attached hydrogens (primary N) is 1. The van der Waals surface area contributed by atoms with Crippen molar-refractivity contribution in [3.63, 3.8) is 0 Å². The molecule has 1 fully saturated rings. The second-order valence-corrected chi connectivity index (χ2v) is 5.80. The average molecular weight is 314 g/mol. The maximum absolute atomic E-state index is 5.92. The summed E-state index contributed by atoms with van der Waals surface area (Å²) in [6, 6.07) is 7.90. The first-order chi connectivity index (χ1) is 8.66. The van der Waals surface area contributed by atoms with E-state index in [2.05, 4.69) is 22.9 Å². The fourth-order valence-electron chi connectivity index (χ4n) is 2.45. The van der Waals surface area contributed by atoms with Crippen molar-refractivity contribution in [1.82, 2.24) is 0 Å². The van der Waals surface area contributed by atoms with Crippen LogP contribution in [0.1, 0.15) is 19.8 Å². The van der Waals surface area contributed by atoms with Gasteiger partial charge in [0.1, 0.15) is 5.75 Å². The van der Waals surface area contributed by atoms with Crippen LogP contribution in [0, 0.1) is 5.41 Å². The monoisotopic (exact) mass is 313 g/mol. The van der Waals surface area contributed by atoms with Gasteiger partial charge in [-0.25, -0.2) is 0 Å². The molecule has 1 aliphatic heterocycles. The average Bonchev–Trinajstić information content (AvgIpc) is 2.72. The highest BCUT2D eigenvalue weighted by Crippen LogP contribution is 2.37. The molecule has 2 unspecified atom stereocenters. The molecule has 1 heterocycles. The Kier molecular flexibility index (Phi) is 4.65. The van der Waals surface area contributed by atoms with Gasteiger partial charge in [0.15, 0.2) is 0 Å². The Morgan fingerprint density at radius 2 is 2.39 bits per heavy atom. The van der Waals surface area contributed by atoms with Crippen molar-refractivity contribution in [3.8, 4) is 5.75 Å². The van der Waals surface area contributed by atoms with E-state index in [1.807, 2.05) is 24.3 Å². The third kappa shape index (κ3) is 3.05. The normalized spacial score (nSPS) is 27.4. The van der Waals surface area contributed by atoms with Gasteiger partial charge in [-0.2, -0.15) is 0 Å². The largest absolute Gasteiger partial charge is 0.494 e. The Hall–Kier alpha value is -0.580. The van der Waals surface area contributed by atoms with Gasteiger partial charge in [-0.05, 0) is 38.0 Å². The summed E-state index contributed by atoms with van der Waals surface area (Å²) < 4.78 is 12.5. The molecule has 2 atom stereocenters. The van der Waals surface area contributed by atoms with E-state index in [4.69, 9.17) is 15.2 Å². The van der Waals surface area contributed by atoms with Gasteiger partial charge in [0.25, 0.3) is 0 Å². The van der Waals surface area contributed by atoms with Gasteiger partial charge in [0.05, 0.1) is 12.7 Å². The number of ether oxygens (including phenoxy) is 2. The standard InChI is InChI=1S/C14H20BrNO2/c1-11-14(10-16,5-7-17-11)6-8-18-13-4-2-3-12(15)9-13/h2-4,9,11H,5-8,10,16H2,1H3. The predicted octanol–water partition coefficient (Wildman–Crippen LogP) is 2.97. The molecule has 0 aromatic heterocycles. The van der Waals surface area contributed by atoms with Crippen LogP contribution in [0.2, 0.25) is 0 Å². The Bertz CT molecular complexity index is 399. The van der Waals surface area contributed by atoms with Crippen molar-refractivity contribution in [2.45, 2.75) is 25.9 Å². The lowest BCUT2D eigenvalue weighted by Crippen LogP contribution is -2.38. The van der Waals surface area contributed by atoms with E-state index in [-0.39, 0.29) is 11.5 Å². The molecule has 18 heavy (non-hydrogen) atoms. The van der Waals surface area contributed by atoms with Crippen LogP contribution in [-0.4, -0.2) is 25.9 Å². The number of benzene rings is 1. The van der Waals surface area contributed by atoms with Crippen LogP contribution in [0.4, 0.5) is 0 Å². The Morgan fingerprint density at radius 3 is 3.00 bits per heavy atom. The Labute approximate surface area is 117 Å². The van der Waals surface area contributed by atoms with Crippen LogP contribution in [0.3, 0.4) is 0 Å². The van der Waals surface area contributed by atoms with Crippen molar-refractivity contribution < 1.29 is 9.47 Å². The lowest BCUT2D eigenvalue weighted by molar-refractivity contribution is 0.0551. The van der Waals surface area contributed by atoms with E-state index >= 15 is 0 Å². The molecule has 0 saturated carbocycles. The molecule has 0 aliphatic carbocycles. The van der Waals surface area contributed by atoms with E-state index in [0.29, 0.717) is 13.2 Å². The molecule has 1 aliphatic rings. The highest BCUT2D eigenvalue weighted by Gasteiger charge is 2.39. The fourth-order valence-corrected chi connectivity index (χ4v) is 2.82. The molecule has 1 aromatic rings. The van der Waals surface area contributed by atoms with Gasteiger partial charge in [0.2, 0.25) is 0 Å². The van der Waals surface area contributed by atoms with E-state index in [1.54, 1.807) is 0 Å². The topological polar surface area (TPSA) is 44.5 Å². The van der Waals surface area contributed by atoms with Gasteiger partial charge in [-0.3, -0.25) is 0 Å². The van der Waals surface area contributed by atoms with Gasteiger partial charge < -0.3 is 15.2 Å². The van der Waals surface area contributed by atoms with E-state index in [9.17, 15) is 0 Å². The molecule has 2 rings (SSSR count). The lowest BCUT2D eigenvalue weighted by Gasteiger charge is -2.30. The number of halogens is 1. The van der Waals surface area contributed by atoms with E-state index in [0.717, 1.165) is 29.7 Å². The van der Waals surface area contributed by atoms with Crippen LogP contribution in [-0.2, 0) is 4.74 Å². The van der Waals surface area contributed by atoms with Gasteiger partial charge in [-0.1, -0.05) is 22.0 Å². The van der Waals surface area contributed by atoms with E-state index < -0.39 is 0 Å². The first kappa shape index (κ1) is 13.8. The summed E-state index contributed by atoms with van der Waals surface area (Å²) in [6.07, 6.45) is 2.21. The van der Waals surface area contributed by atoms with Crippen molar-refractivity contribution in [2.24, 2.45) is 11.1 Å². The molecular formula is C14H20BrNO2. The number of hydrogen-bond acceptors (Lipinski definition) is 3. The number of hydrogen-bond donors (Lipinski definition) is 1. The minimum Gasteiger partial charge on any atom is -0.494 e. The summed E-state index contributed by atoms with van der Waals surface area (Å²) in [5, 5.41) is 0. The van der Waals surface area contributed by atoms with Crippen molar-refractivity contribution >= 4 is 15.9 Å². The summed E-state index contributed by atoms with van der Waals surface area (Å²) in [7, 11) is 0. The molecule has 100 valence electrons. The summed E-state index contributed by atoms with van der Waals surface area (Å²) in [4.78, 5) is 0. The highest BCUT2D eigenvalue weighted by atomic mass is 79.9. The van der Waals surface area contributed by atoms with Crippen molar-refractivity contribution in [2.75, 3.05) is 19.8 Å². The third-order valence-corrected chi connectivity index (χ3v) is 4.39. The van der Waals surface area contributed by atoms with Crippen LogP contribution >= 0.6 is 15.9 Å². The number of rotatable bonds is 5. The zero-order valence-corrected chi connectivity index (χ0v) is 12.3. The second kappa shape index (κ2) is 6.04. The fraction of sp³-hybridized carbons (Fsp3) is 0.571. The lowest BCUT2D eigenvalue weighted by atomic mass is 9.79. The second-order valence-electron chi connectivity index (χ2n) is 4.89. The summed E-state index contributed by atoms with van der Waals surface area (Å²) in [5.74, 6) is 0.892. The molecule has 1 aromatic carbocycles. The molecule has 4 heteroatoms. The SMILES string of the molecule is CC1OCCC1(CN)CCOc1cccc(Br)c1. The maximum Gasteiger partial charge on any atom is 0.120 e. The minimum atomic E-state index is 0.0893. The quantitative estimate of drug-likeness (QED) is 0.909. The smallest absolute Gasteiger partial charge is 0.120 e. The first-order valence-corrected chi connectivity index (χ1v) is 7.16. The Morgan fingerprint density at radius 1 is 1.56 bits per heavy atom. The van der Waals surface area contributed by atoms with Gasteiger partial charge >= 0.3 is 0 Å². The molecule has 0 bridgehead atoms. The highest BCUT2D eigenvalue weighted by molar-refractivity contribution is 9.10. The molecular weight excluding hydrogens is 294 g/mol. The zero-order chi connectivity index (χ0) is 13.0. The van der Waals surface area contributed by atoms with Gasteiger partial charge in [0, 0.05) is 23.0 Å². The minimum absolute atomic E-state index is 0.0893. The van der Waals surface area contributed by atoms with Gasteiger partial charge in [-0.15, -0.1) is 0 Å². The molecule has 0 amide bonds. The van der Waals surface area contributed by atoms with Crippen LogP contribution in [0.5, 0.6) is 5.75 Å². The maximum atomic E-state index is 5.92. The molecule has 1 saturated heterocycles. The van der Waals surface area contributed by atoms with Crippen LogP contribution < -0.4 is 10.5 Å². The van der Waals surface area contributed by atoms with E-state index in [1.165, 1.54) is 0 Å². The predicted molar refractivity (Wildman–Crippen MR) is 75.8 cm³/mol. The molecule has 3 nitrogen and oxygen atoms in total. The van der Waals surface area contributed by atoms with Crippen LogP contribution in [0.25, 0.3) is 0 Å². The van der Waals surface area contributed by atoms with Crippen LogP contribution in [0.15, 0.2) is 28.7 Å². The first-order valence-electron chi connectivity index (χ1n) is 6.36.